The van der Waals surface area contributed by atoms with Crippen molar-refractivity contribution in [3.05, 3.63) is 64.1 Å². The standard InChI is InChI=1S/C22H29BrN2O4S/c1-16(2)15-25-30(27,28)19-10-11-21(23)20(14-19)22(26)24-12-7-13-29-17(3)18-8-5-4-6-9-18/h4-6,8-11,14,16-17,25H,7,12-13,15H2,1-3H3,(H,24,26). The molecule has 1 atom stereocenters. The third-order valence-electron chi connectivity index (χ3n) is 4.42. The van der Waals surface area contributed by atoms with E-state index >= 15 is 0 Å². The molecular formula is C22H29BrN2O4S. The lowest BCUT2D eigenvalue weighted by Crippen LogP contribution is -2.29. The Morgan fingerprint density at radius 3 is 2.47 bits per heavy atom. The summed E-state index contributed by atoms with van der Waals surface area (Å²) in [6.45, 7) is 7.10. The molecule has 2 aromatic rings. The van der Waals surface area contributed by atoms with Crippen LogP contribution >= 0.6 is 15.9 Å². The number of amides is 1. The molecular weight excluding hydrogens is 468 g/mol. The number of carbonyl (C=O) groups is 1. The monoisotopic (exact) mass is 496 g/mol. The fourth-order valence-electron chi connectivity index (χ4n) is 2.65. The lowest BCUT2D eigenvalue weighted by molar-refractivity contribution is 0.0635. The maximum Gasteiger partial charge on any atom is 0.252 e. The number of hydrogen-bond donors (Lipinski definition) is 2. The maximum atomic E-state index is 12.5. The number of benzene rings is 2. The second kappa shape index (κ2) is 11.6. The van der Waals surface area contributed by atoms with Crippen molar-refractivity contribution in [2.45, 2.75) is 38.2 Å². The van der Waals surface area contributed by atoms with Crippen molar-refractivity contribution >= 4 is 31.9 Å². The van der Waals surface area contributed by atoms with Crippen molar-refractivity contribution in [1.29, 1.82) is 0 Å². The Balaban J connectivity index is 1.87. The van der Waals surface area contributed by atoms with Crippen molar-refractivity contribution in [2.75, 3.05) is 19.7 Å². The van der Waals surface area contributed by atoms with Crippen molar-refractivity contribution in [1.82, 2.24) is 10.0 Å². The lowest BCUT2D eigenvalue weighted by atomic mass is 10.1. The zero-order valence-corrected chi connectivity index (χ0v) is 19.9. The first-order valence-electron chi connectivity index (χ1n) is 9.94. The zero-order valence-electron chi connectivity index (χ0n) is 17.5. The second-order valence-corrected chi connectivity index (χ2v) is 10.0. The van der Waals surface area contributed by atoms with Gasteiger partial charge in [0.05, 0.1) is 16.6 Å². The SMILES string of the molecule is CC(C)CNS(=O)(=O)c1ccc(Br)c(C(=O)NCCCOC(C)c2ccccc2)c1. The summed E-state index contributed by atoms with van der Waals surface area (Å²) in [6, 6.07) is 14.4. The van der Waals surface area contributed by atoms with E-state index in [0.717, 1.165) is 5.56 Å². The van der Waals surface area contributed by atoms with Gasteiger partial charge in [-0.2, -0.15) is 0 Å². The molecule has 1 amide bonds. The second-order valence-electron chi connectivity index (χ2n) is 7.42. The van der Waals surface area contributed by atoms with Crippen molar-refractivity contribution in [3.63, 3.8) is 0 Å². The third kappa shape index (κ3) is 7.50. The molecule has 0 aromatic heterocycles. The van der Waals surface area contributed by atoms with Crippen LogP contribution in [0, 0.1) is 5.92 Å². The number of carbonyl (C=O) groups excluding carboxylic acids is 1. The lowest BCUT2D eigenvalue weighted by Gasteiger charge is -2.14. The van der Waals surface area contributed by atoms with Gasteiger partial charge in [0.25, 0.3) is 5.91 Å². The normalized spacial score (nSPS) is 12.7. The Labute approximate surface area is 187 Å². The highest BCUT2D eigenvalue weighted by Crippen LogP contribution is 2.21. The van der Waals surface area contributed by atoms with Crippen LogP contribution in [0.15, 0.2) is 57.9 Å². The van der Waals surface area contributed by atoms with Crippen LogP contribution in [-0.4, -0.2) is 34.0 Å². The van der Waals surface area contributed by atoms with Gasteiger partial charge >= 0.3 is 0 Å². The van der Waals surface area contributed by atoms with Crippen molar-refractivity contribution in [3.8, 4) is 0 Å². The molecule has 0 saturated heterocycles. The number of ether oxygens (including phenoxy) is 1. The van der Waals surface area contributed by atoms with Gasteiger partial charge < -0.3 is 10.1 Å². The molecule has 0 heterocycles. The molecule has 0 aliphatic rings. The number of rotatable bonds is 11. The first kappa shape index (κ1) is 24.5. The summed E-state index contributed by atoms with van der Waals surface area (Å²) in [5.74, 6) is -0.149. The van der Waals surface area contributed by atoms with Gasteiger partial charge in [-0.05, 0) is 59.0 Å². The summed E-state index contributed by atoms with van der Waals surface area (Å²) in [5.41, 5.74) is 1.38. The number of halogens is 1. The van der Waals surface area contributed by atoms with Crippen LogP contribution in [-0.2, 0) is 14.8 Å². The van der Waals surface area contributed by atoms with E-state index in [4.69, 9.17) is 4.74 Å². The third-order valence-corrected chi connectivity index (χ3v) is 6.53. The predicted octanol–water partition coefficient (Wildman–Crippen LogP) is 4.28. The summed E-state index contributed by atoms with van der Waals surface area (Å²) in [6.07, 6.45) is 0.630. The van der Waals surface area contributed by atoms with Crippen LogP contribution in [0.25, 0.3) is 0 Å². The highest BCUT2D eigenvalue weighted by molar-refractivity contribution is 9.10. The molecule has 0 fully saturated rings. The minimum Gasteiger partial charge on any atom is -0.374 e. The summed E-state index contributed by atoms with van der Waals surface area (Å²) in [7, 11) is -3.66. The van der Waals surface area contributed by atoms with E-state index in [9.17, 15) is 13.2 Å². The first-order valence-corrected chi connectivity index (χ1v) is 12.2. The molecule has 1 unspecified atom stereocenters. The van der Waals surface area contributed by atoms with E-state index in [0.29, 0.717) is 30.6 Å². The highest BCUT2D eigenvalue weighted by Gasteiger charge is 2.18. The van der Waals surface area contributed by atoms with E-state index in [1.807, 2.05) is 51.1 Å². The van der Waals surface area contributed by atoms with Gasteiger partial charge in [-0.25, -0.2) is 13.1 Å². The Hall–Kier alpha value is -1.74. The average Bonchev–Trinajstić information content (AvgIpc) is 2.72. The van der Waals surface area contributed by atoms with Gasteiger partial charge in [0, 0.05) is 24.2 Å². The summed E-state index contributed by atoms with van der Waals surface area (Å²) in [4.78, 5) is 12.6. The van der Waals surface area contributed by atoms with E-state index in [1.165, 1.54) is 12.1 Å². The highest BCUT2D eigenvalue weighted by atomic mass is 79.9. The number of sulfonamides is 1. The average molecular weight is 497 g/mol. The van der Waals surface area contributed by atoms with E-state index in [1.54, 1.807) is 6.07 Å². The Kier molecular flexibility index (Phi) is 9.48. The van der Waals surface area contributed by atoms with Crippen LogP contribution in [0.5, 0.6) is 0 Å². The minimum absolute atomic E-state index is 0.0173. The first-order chi connectivity index (χ1) is 14.2. The predicted molar refractivity (Wildman–Crippen MR) is 122 cm³/mol. The molecule has 2 aromatic carbocycles. The minimum atomic E-state index is -3.66. The Morgan fingerprint density at radius 1 is 1.10 bits per heavy atom. The molecule has 2 rings (SSSR count). The van der Waals surface area contributed by atoms with Crippen LogP contribution in [0.1, 0.15) is 49.2 Å². The fourth-order valence-corrected chi connectivity index (χ4v) is 4.32. The molecule has 0 radical (unpaired) electrons. The van der Waals surface area contributed by atoms with Crippen LogP contribution in [0.2, 0.25) is 0 Å². The number of nitrogens with one attached hydrogen (secondary N) is 2. The summed E-state index contributed by atoms with van der Waals surface area (Å²) >= 11 is 3.33. The van der Waals surface area contributed by atoms with E-state index < -0.39 is 10.0 Å². The quantitative estimate of drug-likeness (QED) is 0.454. The zero-order chi connectivity index (χ0) is 22.1. The molecule has 2 N–H and O–H groups in total. The van der Waals surface area contributed by atoms with Crippen molar-refractivity contribution < 1.29 is 17.9 Å². The van der Waals surface area contributed by atoms with Crippen LogP contribution < -0.4 is 10.0 Å². The fraction of sp³-hybridized carbons (Fsp3) is 0.409. The van der Waals surface area contributed by atoms with Gasteiger partial charge in [0.15, 0.2) is 0 Å². The molecule has 164 valence electrons. The molecule has 30 heavy (non-hydrogen) atoms. The summed E-state index contributed by atoms with van der Waals surface area (Å²) in [5, 5.41) is 2.82. The van der Waals surface area contributed by atoms with Crippen LogP contribution in [0.4, 0.5) is 0 Å². The van der Waals surface area contributed by atoms with Gasteiger partial charge in [0.1, 0.15) is 0 Å². The smallest absolute Gasteiger partial charge is 0.252 e. The molecule has 8 heteroatoms. The molecule has 0 aliphatic carbocycles. The molecule has 0 aliphatic heterocycles. The van der Waals surface area contributed by atoms with Crippen LogP contribution in [0.3, 0.4) is 0 Å². The largest absolute Gasteiger partial charge is 0.374 e. The van der Waals surface area contributed by atoms with E-state index in [-0.39, 0.29) is 28.4 Å². The Morgan fingerprint density at radius 2 is 1.80 bits per heavy atom. The maximum absolute atomic E-state index is 12.5. The molecule has 6 nitrogen and oxygen atoms in total. The Bertz CT molecular complexity index is 933. The number of hydrogen-bond acceptors (Lipinski definition) is 4. The summed E-state index contributed by atoms with van der Waals surface area (Å²) < 4.78 is 33.7. The topological polar surface area (TPSA) is 84.5 Å². The molecule has 0 spiro atoms. The molecule has 0 bridgehead atoms. The van der Waals surface area contributed by atoms with Gasteiger partial charge in [-0.1, -0.05) is 44.2 Å². The van der Waals surface area contributed by atoms with Gasteiger partial charge in [0.2, 0.25) is 10.0 Å². The molecule has 0 saturated carbocycles. The van der Waals surface area contributed by atoms with Crippen molar-refractivity contribution in [2.24, 2.45) is 5.92 Å². The van der Waals surface area contributed by atoms with Gasteiger partial charge in [-0.15, -0.1) is 0 Å². The van der Waals surface area contributed by atoms with Gasteiger partial charge in [-0.3, -0.25) is 4.79 Å². The van der Waals surface area contributed by atoms with E-state index in [2.05, 4.69) is 26.0 Å².